The Bertz CT molecular complexity index is 1310. The van der Waals surface area contributed by atoms with Crippen molar-refractivity contribution in [3.63, 3.8) is 0 Å². The van der Waals surface area contributed by atoms with Gasteiger partial charge in [-0.1, -0.05) is 23.2 Å². The van der Waals surface area contributed by atoms with Gasteiger partial charge in [0.1, 0.15) is 5.52 Å². The predicted molar refractivity (Wildman–Crippen MR) is 131 cm³/mol. The van der Waals surface area contributed by atoms with Gasteiger partial charge in [0.05, 0.1) is 34.1 Å². The van der Waals surface area contributed by atoms with Gasteiger partial charge in [-0.3, -0.25) is 9.59 Å². The number of carbonyl (C=O) groups excluding carboxylic acids is 1. The highest BCUT2D eigenvalue weighted by atomic mass is 35.5. The Kier molecular flexibility index (Phi) is 6.31. The van der Waals surface area contributed by atoms with Crippen molar-refractivity contribution in [3.05, 3.63) is 55.2 Å². The maximum Gasteiger partial charge on any atom is 0.256 e. The number of amides is 1. The molecule has 1 N–H and O–H groups in total. The average molecular weight is 505 g/mol. The first-order chi connectivity index (χ1) is 16.4. The topological polar surface area (TPSA) is 91.7 Å². The molecule has 0 bridgehead atoms. The largest absolute Gasteiger partial charge is 0.442 e. The number of hydrogen-bond acceptors (Lipinski definition) is 6. The molecule has 1 amide bonds. The number of aromatic amines is 1. The maximum absolute atomic E-state index is 13.7. The van der Waals surface area contributed by atoms with Gasteiger partial charge in [-0.05, 0) is 44.7 Å². The summed E-state index contributed by atoms with van der Waals surface area (Å²) in [6, 6.07) is 2.15. The van der Waals surface area contributed by atoms with Crippen LogP contribution in [0.15, 0.2) is 21.7 Å². The minimum atomic E-state index is -0.285. The molecule has 180 valence electrons. The number of rotatable bonds is 5. The Morgan fingerprint density at radius 3 is 2.76 bits per heavy atom. The molecule has 4 heterocycles. The summed E-state index contributed by atoms with van der Waals surface area (Å²) >= 11 is 13.6. The molecule has 0 spiro atoms. The van der Waals surface area contributed by atoms with E-state index in [9.17, 15) is 9.59 Å². The van der Waals surface area contributed by atoms with Gasteiger partial charge >= 0.3 is 0 Å². The number of pyridine rings is 1. The van der Waals surface area contributed by atoms with Crippen molar-refractivity contribution in [2.24, 2.45) is 0 Å². The summed E-state index contributed by atoms with van der Waals surface area (Å²) in [6.45, 7) is 6.48. The molecule has 10 heteroatoms. The molecule has 2 aliphatic heterocycles. The first-order valence-electron chi connectivity index (χ1n) is 11.5. The number of nitrogens with zero attached hydrogens (tertiary/aromatic N) is 3. The second kappa shape index (κ2) is 9.24. The van der Waals surface area contributed by atoms with Gasteiger partial charge in [0, 0.05) is 37.4 Å². The first-order valence-corrected chi connectivity index (χ1v) is 12.3. The second-order valence-electron chi connectivity index (χ2n) is 8.74. The minimum absolute atomic E-state index is 0.104. The number of benzene rings is 1. The van der Waals surface area contributed by atoms with E-state index in [1.807, 2.05) is 6.07 Å². The van der Waals surface area contributed by atoms with E-state index in [1.54, 1.807) is 11.8 Å². The fraction of sp³-hybridized carbons (Fsp3) is 0.458. The molecule has 8 nitrogen and oxygen atoms in total. The van der Waals surface area contributed by atoms with Crippen molar-refractivity contribution < 1.29 is 13.9 Å². The van der Waals surface area contributed by atoms with Crippen LogP contribution in [-0.2, 0) is 17.7 Å². The third kappa shape index (κ3) is 3.87. The Hall–Kier alpha value is -2.55. The average Bonchev–Trinajstić information content (AvgIpc) is 3.32. The lowest BCUT2D eigenvalue weighted by Gasteiger charge is -2.37. The van der Waals surface area contributed by atoms with Crippen LogP contribution in [0.2, 0.25) is 10.0 Å². The van der Waals surface area contributed by atoms with Crippen molar-refractivity contribution in [1.82, 2.24) is 14.9 Å². The van der Waals surface area contributed by atoms with Gasteiger partial charge in [0.25, 0.3) is 11.5 Å². The van der Waals surface area contributed by atoms with Crippen molar-refractivity contribution in [3.8, 4) is 0 Å². The number of nitrogens with one attached hydrogen (secondary N) is 1. The van der Waals surface area contributed by atoms with Crippen LogP contribution in [-0.4, -0.2) is 53.1 Å². The van der Waals surface area contributed by atoms with E-state index < -0.39 is 0 Å². The number of carbonyl (C=O) groups is 1. The van der Waals surface area contributed by atoms with E-state index in [0.29, 0.717) is 64.1 Å². The van der Waals surface area contributed by atoms with Gasteiger partial charge in [0.2, 0.25) is 0 Å². The fourth-order valence-electron chi connectivity index (χ4n) is 5.08. The monoisotopic (exact) mass is 504 g/mol. The smallest absolute Gasteiger partial charge is 0.256 e. The van der Waals surface area contributed by atoms with Crippen molar-refractivity contribution in [2.75, 3.05) is 31.2 Å². The highest BCUT2D eigenvalue weighted by Gasteiger charge is 2.33. The molecule has 0 aliphatic carbocycles. The molecular formula is C24H26Cl2N4O4. The summed E-state index contributed by atoms with van der Waals surface area (Å²) in [5.41, 5.74) is 3.62. The standard InChI is InChI=1S/C24H26Cl2N4O4/c1-3-30(14-5-8-33-9-6-14)18-10-17(25)15-4-7-29(24(32)19(15)20(18)26)11-16-21-22(34-12-27-21)13(2)28-23(16)31/h10,12,14H,3-9,11H2,1-2H3,(H,28,31). The summed E-state index contributed by atoms with van der Waals surface area (Å²) in [5, 5.41) is 0.951. The molecule has 1 aromatic carbocycles. The SMILES string of the molecule is CCN(c1cc(Cl)c2c(c1Cl)C(=O)N(Cc1c(=O)[nH]c(C)c3ocnc13)CC2)C1CCOCC1. The normalized spacial score (nSPS) is 16.8. The van der Waals surface area contributed by atoms with Gasteiger partial charge in [0.15, 0.2) is 12.0 Å². The number of aromatic nitrogens is 2. The van der Waals surface area contributed by atoms with Crippen molar-refractivity contribution in [2.45, 2.75) is 45.7 Å². The molecule has 2 aliphatic rings. The Morgan fingerprint density at radius 2 is 2.03 bits per heavy atom. The quantitative estimate of drug-likeness (QED) is 0.555. The van der Waals surface area contributed by atoms with E-state index in [0.717, 1.165) is 30.6 Å². The van der Waals surface area contributed by atoms with E-state index in [4.69, 9.17) is 32.4 Å². The number of oxazole rings is 1. The van der Waals surface area contributed by atoms with Crippen LogP contribution >= 0.6 is 23.2 Å². The van der Waals surface area contributed by atoms with E-state index in [1.165, 1.54) is 6.39 Å². The number of ether oxygens (including phenoxy) is 1. The summed E-state index contributed by atoms with van der Waals surface area (Å²) in [5.74, 6) is -0.241. The summed E-state index contributed by atoms with van der Waals surface area (Å²) in [4.78, 5) is 37.2. The Labute approximate surface area is 206 Å². The van der Waals surface area contributed by atoms with E-state index in [-0.39, 0.29) is 24.1 Å². The van der Waals surface area contributed by atoms with Crippen LogP contribution in [0.4, 0.5) is 5.69 Å². The molecule has 0 unspecified atom stereocenters. The zero-order chi connectivity index (χ0) is 24.0. The molecule has 5 rings (SSSR count). The van der Waals surface area contributed by atoms with Crippen LogP contribution in [0.5, 0.6) is 0 Å². The molecule has 1 fully saturated rings. The lowest BCUT2D eigenvalue weighted by molar-refractivity contribution is 0.0727. The van der Waals surface area contributed by atoms with Gasteiger partial charge in [-0.2, -0.15) is 0 Å². The Morgan fingerprint density at radius 1 is 1.26 bits per heavy atom. The molecule has 34 heavy (non-hydrogen) atoms. The van der Waals surface area contributed by atoms with Crippen molar-refractivity contribution in [1.29, 1.82) is 0 Å². The summed E-state index contributed by atoms with van der Waals surface area (Å²) in [6.07, 6.45) is 3.64. The second-order valence-corrected chi connectivity index (χ2v) is 9.52. The first kappa shape index (κ1) is 23.2. The van der Waals surface area contributed by atoms with Crippen LogP contribution < -0.4 is 10.5 Å². The van der Waals surface area contributed by atoms with E-state index >= 15 is 0 Å². The third-order valence-corrected chi connectivity index (χ3v) is 7.55. The van der Waals surface area contributed by atoms with E-state index in [2.05, 4.69) is 21.8 Å². The molecule has 0 atom stereocenters. The van der Waals surface area contributed by atoms with Crippen LogP contribution in [0.1, 0.15) is 46.9 Å². The fourth-order valence-corrected chi connectivity index (χ4v) is 5.73. The van der Waals surface area contributed by atoms with Crippen LogP contribution in [0.25, 0.3) is 11.1 Å². The van der Waals surface area contributed by atoms with Gasteiger partial charge in [-0.25, -0.2) is 4.98 Å². The van der Waals surface area contributed by atoms with Crippen molar-refractivity contribution >= 4 is 45.9 Å². The Balaban J connectivity index is 1.52. The maximum atomic E-state index is 13.7. The van der Waals surface area contributed by atoms with Crippen LogP contribution in [0.3, 0.4) is 0 Å². The summed E-state index contributed by atoms with van der Waals surface area (Å²) in [7, 11) is 0. The number of anilines is 1. The molecule has 0 saturated carbocycles. The zero-order valence-electron chi connectivity index (χ0n) is 19.1. The molecule has 3 aromatic rings. The molecule has 1 saturated heterocycles. The molecular weight excluding hydrogens is 479 g/mol. The highest BCUT2D eigenvalue weighted by molar-refractivity contribution is 6.39. The molecule has 2 aromatic heterocycles. The van der Waals surface area contributed by atoms with Gasteiger partial charge < -0.3 is 23.9 Å². The number of fused-ring (bicyclic) bond motifs is 2. The summed E-state index contributed by atoms with van der Waals surface area (Å²) < 4.78 is 10.9. The molecule has 0 radical (unpaired) electrons. The number of H-pyrrole nitrogens is 1. The third-order valence-electron chi connectivity index (χ3n) is 6.83. The zero-order valence-corrected chi connectivity index (χ0v) is 20.6. The predicted octanol–water partition coefficient (Wildman–Crippen LogP) is 4.34. The van der Waals surface area contributed by atoms with Crippen LogP contribution in [0, 0.1) is 6.92 Å². The van der Waals surface area contributed by atoms with Gasteiger partial charge in [-0.15, -0.1) is 0 Å². The number of aryl methyl sites for hydroxylation is 1. The number of halogens is 2. The minimum Gasteiger partial charge on any atom is -0.442 e. The lowest BCUT2D eigenvalue weighted by atomic mass is 9.96. The lowest BCUT2D eigenvalue weighted by Crippen LogP contribution is -2.41. The number of hydrogen-bond donors (Lipinski definition) is 1. The highest BCUT2D eigenvalue weighted by Crippen LogP contribution is 2.41.